The third-order valence-electron chi connectivity index (χ3n) is 7.29. The number of halogens is 1. The minimum atomic E-state index is -3.89. The van der Waals surface area contributed by atoms with Gasteiger partial charge in [-0.3, -0.25) is 13.9 Å². The first-order valence-corrected chi connectivity index (χ1v) is 16.1. The molecule has 0 radical (unpaired) electrons. The lowest BCUT2D eigenvalue weighted by atomic mass is 10.0. The second-order valence-electron chi connectivity index (χ2n) is 10.4. The van der Waals surface area contributed by atoms with Gasteiger partial charge in [-0.1, -0.05) is 103 Å². The Bertz CT molecular complexity index is 1640. The molecule has 0 aliphatic heterocycles. The Morgan fingerprint density at radius 2 is 1.52 bits per heavy atom. The molecule has 0 bridgehead atoms. The minimum absolute atomic E-state index is 0.0249. The highest BCUT2D eigenvalue weighted by Gasteiger charge is 2.34. The number of benzene rings is 4. The lowest BCUT2D eigenvalue weighted by Gasteiger charge is -2.34. The molecule has 1 N–H and O–H groups in total. The molecule has 4 aromatic carbocycles. The van der Waals surface area contributed by atoms with E-state index in [0.29, 0.717) is 28.1 Å². The largest absolute Gasteiger partial charge is 0.352 e. The molecule has 2 atom stereocenters. The topological polar surface area (TPSA) is 86.8 Å². The normalized spacial score (nSPS) is 12.9. The van der Waals surface area contributed by atoms with Gasteiger partial charge in [-0.05, 0) is 42.0 Å². The number of hydrogen-bond acceptors (Lipinski definition) is 4. The summed E-state index contributed by atoms with van der Waals surface area (Å²) in [5.74, 6) is -0.835. The zero-order chi connectivity index (χ0) is 30.3. The summed E-state index contributed by atoms with van der Waals surface area (Å²) in [7, 11) is -3.89. The van der Waals surface area contributed by atoms with Crippen LogP contribution in [0.1, 0.15) is 31.4 Å². The van der Waals surface area contributed by atoms with Crippen molar-refractivity contribution in [3.63, 3.8) is 0 Å². The first-order valence-electron chi connectivity index (χ1n) is 13.9. The molecule has 0 saturated carbocycles. The maximum absolute atomic E-state index is 14.3. The second-order valence-corrected chi connectivity index (χ2v) is 12.7. The highest BCUT2D eigenvalue weighted by atomic mass is 35.5. The van der Waals surface area contributed by atoms with E-state index in [-0.39, 0.29) is 24.9 Å². The van der Waals surface area contributed by atoms with E-state index >= 15 is 0 Å². The molecule has 220 valence electrons. The Kier molecular flexibility index (Phi) is 10.2. The van der Waals surface area contributed by atoms with Crippen LogP contribution in [-0.2, 0) is 32.6 Å². The molecule has 4 aromatic rings. The first-order chi connectivity index (χ1) is 20.1. The zero-order valence-electron chi connectivity index (χ0n) is 24.0. The highest BCUT2D eigenvalue weighted by molar-refractivity contribution is 7.92. The number of amides is 2. The number of sulfonamides is 1. The molecule has 0 aliphatic rings. The van der Waals surface area contributed by atoms with Crippen molar-refractivity contribution in [3.8, 4) is 0 Å². The predicted octanol–water partition coefficient (Wildman–Crippen LogP) is 5.81. The fourth-order valence-corrected chi connectivity index (χ4v) is 5.88. The molecule has 4 rings (SSSR count). The van der Waals surface area contributed by atoms with Gasteiger partial charge in [0.15, 0.2) is 0 Å². The summed E-state index contributed by atoms with van der Waals surface area (Å²) in [6.45, 7) is 3.41. The van der Waals surface area contributed by atoms with E-state index in [4.69, 9.17) is 11.6 Å². The van der Waals surface area contributed by atoms with Crippen LogP contribution >= 0.6 is 11.6 Å². The number of carbonyl (C=O) groups excluding carboxylic acids is 2. The monoisotopic (exact) mass is 605 g/mol. The van der Waals surface area contributed by atoms with Crippen molar-refractivity contribution in [2.75, 3.05) is 17.1 Å². The zero-order valence-corrected chi connectivity index (χ0v) is 25.6. The number of rotatable bonds is 12. The molecule has 2 amide bonds. The van der Waals surface area contributed by atoms with Crippen molar-refractivity contribution in [2.24, 2.45) is 0 Å². The Morgan fingerprint density at radius 3 is 2.21 bits per heavy atom. The van der Waals surface area contributed by atoms with E-state index < -0.39 is 28.5 Å². The summed E-state index contributed by atoms with van der Waals surface area (Å²) in [5, 5.41) is 5.02. The molecule has 0 heterocycles. The van der Waals surface area contributed by atoms with E-state index in [1.807, 2.05) is 80.6 Å². The van der Waals surface area contributed by atoms with E-state index in [2.05, 4.69) is 5.32 Å². The van der Waals surface area contributed by atoms with Crippen LogP contribution in [0.15, 0.2) is 97.1 Å². The van der Waals surface area contributed by atoms with Gasteiger partial charge >= 0.3 is 0 Å². The van der Waals surface area contributed by atoms with Gasteiger partial charge in [0.2, 0.25) is 21.8 Å². The highest BCUT2D eigenvalue weighted by Crippen LogP contribution is 2.29. The third-order valence-corrected chi connectivity index (χ3v) is 8.78. The number of anilines is 1. The molecule has 7 nitrogen and oxygen atoms in total. The van der Waals surface area contributed by atoms with Crippen LogP contribution in [0.25, 0.3) is 10.8 Å². The average Bonchev–Trinajstić information content (AvgIpc) is 2.98. The van der Waals surface area contributed by atoms with E-state index in [1.165, 1.54) is 4.90 Å². The maximum Gasteiger partial charge on any atom is 0.244 e. The van der Waals surface area contributed by atoms with Crippen molar-refractivity contribution in [1.82, 2.24) is 10.2 Å². The summed E-state index contributed by atoms with van der Waals surface area (Å²) in [6.07, 6.45) is 2.04. The summed E-state index contributed by atoms with van der Waals surface area (Å²) in [5.41, 5.74) is 1.91. The van der Waals surface area contributed by atoms with Gasteiger partial charge < -0.3 is 10.2 Å². The Labute approximate surface area is 253 Å². The van der Waals surface area contributed by atoms with Crippen LogP contribution in [0.2, 0.25) is 5.02 Å². The van der Waals surface area contributed by atoms with Crippen molar-refractivity contribution in [1.29, 1.82) is 0 Å². The molecule has 0 unspecified atom stereocenters. The molecular weight excluding hydrogens is 570 g/mol. The van der Waals surface area contributed by atoms with E-state index in [9.17, 15) is 18.0 Å². The van der Waals surface area contributed by atoms with Crippen LogP contribution in [0, 0.1) is 0 Å². The average molecular weight is 606 g/mol. The lowest BCUT2D eigenvalue weighted by molar-refractivity contribution is -0.140. The second kappa shape index (κ2) is 13.9. The molecule has 0 fully saturated rings. The van der Waals surface area contributed by atoms with Gasteiger partial charge in [0.05, 0.1) is 11.9 Å². The van der Waals surface area contributed by atoms with Gasteiger partial charge in [0.1, 0.15) is 12.6 Å². The number of carbonyl (C=O) groups is 2. The molecular formula is C33H36ClN3O4S. The molecule has 42 heavy (non-hydrogen) atoms. The summed E-state index contributed by atoms with van der Waals surface area (Å²) >= 11 is 6.52. The fourth-order valence-electron chi connectivity index (χ4n) is 4.83. The van der Waals surface area contributed by atoms with E-state index in [1.54, 1.807) is 30.3 Å². The third kappa shape index (κ3) is 7.69. The van der Waals surface area contributed by atoms with Gasteiger partial charge in [-0.15, -0.1) is 0 Å². The van der Waals surface area contributed by atoms with Crippen LogP contribution in [0.3, 0.4) is 0 Å². The molecule has 0 aliphatic carbocycles. The Morgan fingerprint density at radius 1 is 0.881 bits per heavy atom. The predicted molar refractivity (Wildman–Crippen MR) is 170 cm³/mol. The number of hydrogen-bond donors (Lipinski definition) is 1. The number of nitrogens with zero attached hydrogens (tertiary/aromatic N) is 2. The van der Waals surface area contributed by atoms with Crippen molar-refractivity contribution in [2.45, 2.75) is 45.3 Å². The smallest absolute Gasteiger partial charge is 0.244 e. The van der Waals surface area contributed by atoms with Crippen molar-refractivity contribution < 1.29 is 18.0 Å². The van der Waals surface area contributed by atoms with Gasteiger partial charge in [0, 0.05) is 29.4 Å². The van der Waals surface area contributed by atoms with E-state index in [0.717, 1.165) is 21.5 Å². The minimum Gasteiger partial charge on any atom is -0.352 e. The quantitative estimate of drug-likeness (QED) is 0.221. The van der Waals surface area contributed by atoms with Crippen molar-refractivity contribution in [3.05, 3.63) is 113 Å². The summed E-state index contributed by atoms with van der Waals surface area (Å²) in [4.78, 5) is 29.6. The standard InChI is InChI=1S/C33H36ClN3O4S/c1-4-24(2)35-33(39)31(21-25-13-6-5-7-14-25)36(22-27-16-9-11-19-29(27)34)32(38)23-37(42(3,40)41)30-20-12-17-26-15-8-10-18-28(26)30/h5-20,24,31H,4,21-23H2,1-3H3,(H,35,39)/t24-,31-/m0/s1. The molecule has 0 aromatic heterocycles. The maximum atomic E-state index is 14.3. The number of nitrogens with one attached hydrogen (secondary N) is 1. The van der Waals surface area contributed by atoms with Gasteiger partial charge in [0.25, 0.3) is 0 Å². The Balaban J connectivity index is 1.79. The molecule has 0 saturated heterocycles. The SMILES string of the molecule is CC[C@H](C)NC(=O)[C@H](Cc1ccccc1)N(Cc1ccccc1Cl)C(=O)CN(c1cccc2ccccc12)S(C)(=O)=O. The number of fused-ring (bicyclic) bond motifs is 1. The first kappa shape index (κ1) is 31.1. The van der Waals surface area contributed by atoms with Crippen LogP contribution in [-0.4, -0.2) is 50.0 Å². The van der Waals surface area contributed by atoms with Gasteiger partial charge in [-0.2, -0.15) is 0 Å². The summed E-state index contributed by atoms with van der Waals surface area (Å²) < 4.78 is 27.5. The molecule has 9 heteroatoms. The van der Waals surface area contributed by atoms with Crippen molar-refractivity contribution >= 4 is 49.9 Å². The Hall–Kier alpha value is -3.88. The lowest BCUT2D eigenvalue weighted by Crippen LogP contribution is -2.54. The van der Waals surface area contributed by atoms with Crippen LogP contribution in [0.5, 0.6) is 0 Å². The fraction of sp³-hybridized carbons (Fsp3) is 0.273. The molecule has 0 spiro atoms. The van der Waals surface area contributed by atoms with Crippen LogP contribution < -0.4 is 9.62 Å². The van der Waals surface area contributed by atoms with Crippen LogP contribution in [0.4, 0.5) is 5.69 Å². The van der Waals surface area contributed by atoms with Gasteiger partial charge in [-0.25, -0.2) is 8.42 Å². The summed E-state index contributed by atoms with van der Waals surface area (Å²) in [6, 6.07) is 28.3.